The second kappa shape index (κ2) is 4.35. The number of hydrogen-bond acceptors (Lipinski definition) is 3. The van der Waals surface area contributed by atoms with Crippen molar-refractivity contribution >= 4 is 22.3 Å². The van der Waals surface area contributed by atoms with Crippen LogP contribution in [0.4, 0.5) is 0 Å². The first-order chi connectivity index (χ1) is 8.35. The Labute approximate surface area is 103 Å². The Balaban J connectivity index is 1.89. The van der Waals surface area contributed by atoms with Crippen LogP contribution in [0.2, 0.25) is 0 Å². The Hall–Kier alpha value is -1.58. The SMILES string of the molecule is OCc1ccc(Cc2cc3ccccc3o2)s1. The second-order valence-electron chi connectivity index (χ2n) is 3.95. The molecule has 2 nitrogen and oxygen atoms in total. The number of aliphatic hydroxyl groups is 1. The second-order valence-corrected chi connectivity index (χ2v) is 5.21. The quantitative estimate of drug-likeness (QED) is 0.764. The van der Waals surface area contributed by atoms with Gasteiger partial charge in [-0.3, -0.25) is 0 Å². The summed E-state index contributed by atoms with van der Waals surface area (Å²) in [6, 6.07) is 14.1. The minimum absolute atomic E-state index is 0.116. The third-order valence-corrected chi connectivity index (χ3v) is 3.77. The van der Waals surface area contributed by atoms with Gasteiger partial charge in [-0.25, -0.2) is 0 Å². The molecule has 0 saturated carbocycles. The fraction of sp³-hybridized carbons (Fsp3) is 0.143. The van der Waals surface area contributed by atoms with Gasteiger partial charge < -0.3 is 9.52 Å². The van der Waals surface area contributed by atoms with Gasteiger partial charge in [0.05, 0.1) is 6.61 Å². The van der Waals surface area contributed by atoms with E-state index in [-0.39, 0.29) is 6.61 Å². The molecule has 0 aliphatic rings. The summed E-state index contributed by atoms with van der Waals surface area (Å²) in [4.78, 5) is 2.21. The van der Waals surface area contributed by atoms with Gasteiger partial charge in [-0.2, -0.15) is 0 Å². The maximum atomic E-state index is 9.02. The van der Waals surface area contributed by atoms with Gasteiger partial charge in [0.15, 0.2) is 0 Å². The average Bonchev–Trinajstić information content (AvgIpc) is 2.94. The van der Waals surface area contributed by atoms with Crippen LogP contribution in [0.3, 0.4) is 0 Å². The smallest absolute Gasteiger partial charge is 0.134 e. The third kappa shape index (κ3) is 2.12. The maximum Gasteiger partial charge on any atom is 0.134 e. The van der Waals surface area contributed by atoms with Gasteiger partial charge in [0.1, 0.15) is 11.3 Å². The zero-order valence-electron chi connectivity index (χ0n) is 9.22. The first-order valence-corrected chi connectivity index (χ1v) is 6.33. The Morgan fingerprint density at radius 2 is 1.88 bits per heavy atom. The molecule has 0 radical (unpaired) electrons. The molecule has 0 atom stereocenters. The molecule has 3 aromatic rings. The maximum absolute atomic E-state index is 9.02. The van der Waals surface area contributed by atoms with Crippen molar-refractivity contribution in [1.29, 1.82) is 0 Å². The normalized spacial score (nSPS) is 11.1. The summed E-state index contributed by atoms with van der Waals surface area (Å²) < 4.78 is 5.76. The highest BCUT2D eigenvalue weighted by molar-refractivity contribution is 7.11. The van der Waals surface area contributed by atoms with Crippen molar-refractivity contribution in [2.75, 3.05) is 0 Å². The lowest BCUT2D eigenvalue weighted by atomic mass is 10.2. The molecule has 0 spiro atoms. The molecular formula is C14H12O2S. The van der Waals surface area contributed by atoms with Crippen LogP contribution in [-0.2, 0) is 13.0 Å². The van der Waals surface area contributed by atoms with Crippen molar-refractivity contribution in [2.45, 2.75) is 13.0 Å². The summed E-state index contributed by atoms with van der Waals surface area (Å²) in [6.07, 6.45) is 0.791. The monoisotopic (exact) mass is 244 g/mol. The molecule has 0 unspecified atom stereocenters. The molecule has 0 aliphatic carbocycles. The van der Waals surface area contributed by atoms with Crippen molar-refractivity contribution in [3.05, 3.63) is 58.0 Å². The molecule has 0 amide bonds. The molecule has 1 aromatic carbocycles. The standard InChI is InChI=1S/C14H12O2S/c15-9-13-6-5-12(17-13)8-11-7-10-3-1-2-4-14(10)16-11/h1-7,15H,8-9H2. The summed E-state index contributed by atoms with van der Waals surface area (Å²) in [7, 11) is 0. The van der Waals surface area contributed by atoms with E-state index in [4.69, 9.17) is 9.52 Å². The largest absolute Gasteiger partial charge is 0.461 e. The van der Waals surface area contributed by atoms with Crippen LogP contribution in [0.1, 0.15) is 15.5 Å². The Morgan fingerprint density at radius 1 is 1.06 bits per heavy atom. The average molecular weight is 244 g/mol. The number of para-hydroxylation sites is 1. The highest BCUT2D eigenvalue weighted by Gasteiger charge is 2.06. The fourth-order valence-corrected chi connectivity index (χ4v) is 2.79. The number of furan rings is 1. The van der Waals surface area contributed by atoms with E-state index in [9.17, 15) is 0 Å². The number of fused-ring (bicyclic) bond motifs is 1. The molecule has 3 heteroatoms. The molecule has 86 valence electrons. The predicted molar refractivity (Wildman–Crippen MR) is 69.3 cm³/mol. The summed E-state index contributed by atoms with van der Waals surface area (Å²) in [5.74, 6) is 0.970. The van der Waals surface area contributed by atoms with E-state index in [1.54, 1.807) is 11.3 Å². The summed E-state index contributed by atoms with van der Waals surface area (Å²) in [5, 5.41) is 10.2. The number of thiophene rings is 1. The molecule has 0 bridgehead atoms. The molecule has 17 heavy (non-hydrogen) atoms. The lowest BCUT2D eigenvalue weighted by Crippen LogP contribution is -1.78. The lowest BCUT2D eigenvalue weighted by molar-refractivity contribution is 0.285. The van der Waals surface area contributed by atoms with Gasteiger partial charge in [-0.15, -0.1) is 11.3 Å². The number of rotatable bonds is 3. The first-order valence-electron chi connectivity index (χ1n) is 5.51. The third-order valence-electron chi connectivity index (χ3n) is 2.70. The van der Waals surface area contributed by atoms with Crippen LogP contribution < -0.4 is 0 Å². The Bertz CT molecular complexity index is 603. The van der Waals surface area contributed by atoms with E-state index in [1.165, 1.54) is 4.88 Å². The van der Waals surface area contributed by atoms with Crippen molar-refractivity contribution < 1.29 is 9.52 Å². The topological polar surface area (TPSA) is 33.4 Å². The molecule has 0 saturated heterocycles. The highest BCUT2D eigenvalue weighted by Crippen LogP contribution is 2.24. The zero-order valence-corrected chi connectivity index (χ0v) is 10.0. The van der Waals surface area contributed by atoms with Gasteiger partial charge in [0, 0.05) is 21.6 Å². The number of hydrogen-bond donors (Lipinski definition) is 1. The summed E-state index contributed by atoms with van der Waals surface area (Å²) in [5.41, 5.74) is 0.932. The molecule has 0 fully saturated rings. The molecule has 2 aromatic heterocycles. The minimum Gasteiger partial charge on any atom is -0.461 e. The van der Waals surface area contributed by atoms with Crippen LogP contribution in [-0.4, -0.2) is 5.11 Å². The van der Waals surface area contributed by atoms with E-state index in [2.05, 4.69) is 12.1 Å². The fourth-order valence-electron chi connectivity index (χ4n) is 1.90. The molecule has 1 N–H and O–H groups in total. The summed E-state index contributed by atoms with van der Waals surface area (Å²) in [6.45, 7) is 0.116. The van der Waals surface area contributed by atoms with Crippen LogP contribution in [0.25, 0.3) is 11.0 Å². The Morgan fingerprint density at radius 3 is 2.65 bits per heavy atom. The van der Waals surface area contributed by atoms with Gasteiger partial charge in [0.25, 0.3) is 0 Å². The van der Waals surface area contributed by atoms with Gasteiger partial charge >= 0.3 is 0 Å². The van der Waals surface area contributed by atoms with Gasteiger partial charge in [-0.05, 0) is 24.3 Å². The van der Waals surface area contributed by atoms with E-state index in [1.807, 2.05) is 30.3 Å². The van der Waals surface area contributed by atoms with E-state index in [0.717, 1.165) is 28.0 Å². The number of aliphatic hydroxyl groups excluding tert-OH is 1. The molecule has 2 heterocycles. The Kier molecular flexibility index (Phi) is 2.71. The van der Waals surface area contributed by atoms with Gasteiger partial charge in [0.2, 0.25) is 0 Å². The molecular weight excluding hydrogens is 232 g/mol. The van der Waals surface area contributed by atoms with E-state index < -0.39 is 0 Å². The minimum atomic E-state index is 0.116. The van der Waals surface area contributed by atoms with Crippen LogP contribution in [0.15, 0.2) is 46.9 Å². The summed E-state index contributed by atoms with van der Waals surface area (Å²) >= 11 is 1.63. The highest BCUT2D eigenvalue weighted by atomic mass is 32.1. The van der Waals surface area contributed by atoms with Crippen molar-refractivity contribution in [3.8, 4) is 0 Å². The predicted octanol–water partition coefficient (Wildman–Crippen LogP) is 3.58. The van der Waals surface area contributed by atoms with Gasteiger partial charge in [-0.1, -0.05) is 18.2 Å². The van der Waals surface area contributed by atoms with Crippen LogP contribution in [0.5, 0.6) is 0 Å². The van der Waals surface area contributed by atoms with E-state index in [0.29, 0.717) is 0 Å². The van der Waals surface area contributed by atoms with E-state index >= 15 is 0 Å². The van der Waals surface area contributed by atoms with Crippen molar-refractivity contribution in [2.24, 2.45) is 0 Å². The van der Waals surface area contributed by atoms with Crippen LogP contribution in [0, 0.1) is 0 Å². The van der Waals surface area contributed by atoms with Crippen LogP contribution >= 0.6 is 11.3 Å². The van der Waals surface area contributed by atoms with Crippen molar-refractivity contribution in [3.63, 3.8) is 0 Å². The molecule has 3 rings (SSSR count). The number of benzene rings is 1. The lowest BCUT2D eigenvalue weighted by Gasteiger charge is -1.91. The zero-order chi connectivity index (χ0) is 11.7. The first kappa shape index (κ1) is 10.6. The molecule has 0 aliphatic heterocycles. The van der Waals surface area contributed by atoms with Crippen molar-refractivity contribution in [1.82, 2.24) is 0 Å².